The lowest BCUT2D eigenvalue weighted by atomic mass is 9.94. The lowest BCUT2D eigenvalue weighted by Gasteiger charge is -2.27. The van der Waals surface area contributed by atoms with Crippen molar-refractivity contribution in [3.63, 3.8) is 0 Å². The first-order valence-electron chi connectivity index (χ1n) is 10.6. The fraction of sp³-hybridized carbons (Fsp3) is 0.192. The Morgan fingerprint density at radius 2 is 1.82 bits per heavy atom. The maximum Gasteiger partial charge on any atom is 0.300 e. The third-order valence-electron chi connectivity index (χ3n) is 5.40. The van der Waals surface area contributed by atoms with Gasteiger partial charge in [-0.05, 0) is 36.8 Å². The molecule has 1 unspecified atom stereocenters. The normalized spacial score (nSPS) is 17.3. The largest absolute Gasteiger partial charge is 0.507 e. The molecular formula is C26H24N2O5. The van der Waals surface area contributed by atoms with E-state index in [1.54, 1.807) is 60.7 Å². The molecule has 1 atom stereocenters. The number of anilines is 1. The number of pyridine rings is 1. The van der Waals surface area contributed by atoms with Gasteiger partial charge in [-0.2, -0.15) is 0 Å². The van der Waals surface area contributed by atoms with Gasteiger partial charge in [0.25, 0.3) is 11.7 Å². The van der Waals surface area contributed by atoms with Crippen molar-refractivity contribution in [3.8, 4) is 11.5 Å². The average Bonchev–Trinajstić information content (AvgIpc) is 3.13. The van der Waals surface area contributed by atoms with Gasteiger partial charge in [-0.15, -0.1) is 0 Å². The van der Waals surface area contributed by atoms with Crippen LogP contribution in [0.3, 0.4) is 0 Å². The lowest BCUT2D eigenvalue weighted by molar-refractivity contribution is -0.132. The second-order valence-corrected chi connectivity index (χ2v) is 7.49. The number of carbonyl (C=O) groups is 2. The van der Waals surface area contributed by atoms with Crippen LogP contribution in [0.15, 0.2) is 78.6 Å². The summed E-state index contributed by atoms with van der Waals surface area (Å²) in [4.78, 5) is 31.9. The van der Waals surface area contributed by atoms with Gasteiger partial charge in [0, 0.05) is 35.3 Å². The molecule has 168 valence electrons. The van der Waals surface area contributed by atoms with Crippen LogP contribution < -0.4 is 14.4 Å². The minimum absolute atomic E-state index is 0.0180. The number of nitrogens with zero attached hydrogens (tertiary/aromatic N) is 2. The van der Waals surface area contributed by atoms with Crippen LogP contribution in [0.2, 0.25) is 0 Å². The molecule has 0 saturated carbocycles. The fourth-order valence-corrected chi connectivity index (χ4v) is 3.89. The van der Waals surface area contributed by atoms with Gasteiger partial charge in [0.2, 0.25) is 0 Å². The van der Waals surface area contributed by atoms with E-state index in [-0.39, 0.29) is 11.3 Å². The van der Waals surface area contributed by atoms with Gasteiger partial charge in [-0.3, -0.25) is 19.5 Å². The first kappa shape index (κ1) is 22.1. The second kappa shape index (κ2) is 9.56. The monoisotopic (exact) mass is 444 g/mol. The first-order chi connectivity index (χ1) is 16.1. The van der Waals surface area contributed by atoms with Crippen molar-refractivity contribution < 1.29 is 24.2 Å². The number of hydrogen-bond acceptors (Lipinski definition) is 6. The number of ether oxygens (including phenoxy) is 2. The molecule has 1 amide bonds. The van der Waals surface area contributed by atoms with E-state index in [1.807, 2.05) is 6.92 Å². The summed E-state index contributed by atoms with van der Waals surface area (Å²) in [5.41, 5.74) is 1.43. The Morgan fingerprint density at radius 1 is 1.06 bits per heavy atom. The highest BCUT2D eigenvalue weighted by molar-refractivity contribution is 6.51. The van der Waals surface area contributed by atoms with Crippen LogP contribution in [0.5, 0.6) is 11.5 Å². The molecule has 1 aliphatic heterocycles. The molecule has 0 aliphatic carbocycles. The van der Waals surface area contributed by atoms with Crippen molar-refractivity contribution in [2.75, 3.05) is 18.6 Å². The van der Waals surface area contributed by atoms with Crippen molar-refractivity contribution in [3.05, 3.63) is 89.8 Å². The molecule has 1 saturated heterocycles. The zero-order valence-electron chi connectivity index (χ0n) is 18.4. The van der Waals surface area contributed by atoms with E-state index < -0.39 is 17.7 Å². The molecule has 4 rings (SSSR count). The Bertz CT molecular complexity index is 1210. The highest BCUT2D eigenvalue weighted by Gasteiger charge is 2.48. The van der Waals surface area contributed by atoms with Gasteiger partial charge >= 0.3 is 0 Å². The summed E-state index contributed by atoms with van der Waals surface area (Å²) in [5.74, 6) is -0.709. The predicted octanol–water partition coefficient (Wildman–Crippen LogP) is 4.51. The molecule has 0 spiro atoms. The van der Waals surface area contributed by atoms with Gasteiger partial charge in [-0.1, -0.05) is 31.2 Å². The number of aliphatic hydroxyl groups excluding tert-OH is 1. The summed E-state index contributed by atoms with van der Waals surface area (Å²) in [5, 5.41) is 11.1. The molecule has 1 aromatic heterocycles. The molecule has 7 nitrogen and oxygen atoms in total. The number of methoxy groups -OCH3 is 1. The Kier molecular flexibility index (Phi) is 6.40. The molecule has 33 heavy (non-hydrogen) atoms. The van der Waals surface area contributed by atoms with Gasteiger partial charge < -0.3 is 14.6 Å². The van der Waals surface area contributed by atoms with Crippen LogP contribution in [-0.2, 0) is 9.59 Å². The highest BCUT2D eigenvalue weighted by atomic mass is 16.5. The van der Waals surface area contributed by atoms with Crippen LogP contribution in [0.4, 0.5) is 5.69 Å². The van der Waals surface area contributed by atoms with Gasteiger partial charge in [-0.25, -0.2) is 0 Å². The minimum atomic E-state index is -0.893. The predicted molar refractivity (Wildman–Crippen MR) is 124 cm³/mol. The van der Waals surface area contributed by atoms with E-state index in [9.17, 15) is 14.7 Å². The van der Waals surface area contributed by atoms with Gasteiger partial charge in [0.05, 0.1) is 25.3 Å². The Hall–Kier alpha value is -4.13. The van der Waals surface area contributed by atoms with E-state index in [4.69, 9.17) is 9.47 Å². The fourth-order valence-electron chi connectivity index (χ4n) is 3.89. The average molecular weight is 444 g/mol. The molecule has 1 fully saturated rings. The number of rotatable bonds is 7. The summed E-state index contributed by atoms with van der Waals surface area (Å²) in [6, 6.07) is 16.4. The van der Waals surface area contributed by atoms with Crippen molar-refractivity contribution in [1.29, 1.82) is 0 Å². The van der Waals surface area contributed by atoms with Crippen molar-refractivity contribution in [1.82, 2.24) is 4.98 Å². The number of benzene rings is 2. The standard InChI is InChI=1S/C26H24N2O5/c1-3-15-33-19-8-6-7-18(16-19)28-23(20-9-4-5-10-21(20)32-2)22(25(30)26(28)31)24(29)17-11-13-27-14-12-17/h4-14,16,23,29H,3,15H2,1-2H3/b24-22+. The summed E-state index contributed by atoms with van der Waals surface area (Å²) in [6.45, 7) is 2.53. The van der Waals surface area contributed by atoms with E-state index in [0.717, 1.165) is 6.42 Å². The Balaban J connectivity index is 1.93. The third-order valence-corrected chi connectivity index (χ3v) is 5.40. The Morgan fingerprint density at radius 3 is 2.55 bits per heavy atom. The maximum absolute atomic E-state index is 13.3. The lowest BCUT2D eigenvalue weighted by Crippen LogP contribution is -2.29. The molecule has 7 heteroatoms. The van der Waals surface area contributed by atoms with Crippen LogP contribution in [-0.4, -0.2) is 35.5 Å². The van der Waals surface area contributed by atoms with E-state index >= 15 is 0 Å². The van der Waals surface area contributed by atoms with E-state index in [0.29, 0.717) is 34.9 Å². The van der Waals surface area contributed by atoms with Crippen molar-refractivity contribution in [2.24, 2.45) is 0 Å². The van der Waals surface area contributed by atoms with Crippen molar-refractivity contribution in [2.45, 2.75) is 19.4 Å². The number of aromatic nitrogens is 1. The zero-order chi connectivity index (χ0) is 23.4. The Labute approximate surface area is 191 Å². The molecule has 2 aromatic carbocycles. The molecule has 1 N–H and O–H groups in total. The summed E-state index contributed by atoms with van der Waals surface area (Å²) in [6.07, 6.45) is 3.86. The quantitative estimate of drug-likeness (QED) is 0.328. The van der Waals surface area contributed by atoms with Crippen LogP contribution in [0.25, 0.3) is 5.76 Å². The zero-order valence-corrected chi connectivity index (χ0v) is 18.4. The van der Waals surface area contributed by atoms with Crippen LogP contribution >= 0.6 is 0 Å². The summed E-state index contributed by atoms with van der Waals surface area (Å²) >= 11 is 0. The van der Waals surface area contributed by atoms with Crippen LogP contribution in [0.1, 0.15) is 30.5 Å². The third kappa shape index (κ3) is 4.17. The second-order valence-electron chi connectivity index (χ2n) is 7.49. The number of Topliss-reactive ketones (excluding diaryl/α,β-unsaturated/α-hetero) is 1. The number of carbonyl (C=O) groups excluding carboxylic acids is 2. The molecule has 1 aliphatic rings. The summed E-state index contributed by atoms with van der Waals surface area (Å²) in [7, 11) is 1.52. The molecular weight excluding hydrogens is 420 g/mol. The molecule has 0 radical (unpaired) electrons. The van der Waals surface area contributed by atoms with Gasteiger partial charge in [0.15, 0.2) is 0 Å². The number of hydrogen-bond donors (Lipinski definition) is 1. The van der Waals surface area contributed by atoms with Crippen molar-refractivity contribution >= 4 is 23.1 Å². The number of aliphatic hydroxyl groups is 1. The minimum Gasteiger partial charge on any atom is -0.507 e. The van der Waals surface area contributed by atoms with Crippen LogP contribution in [0, 0.1) is 0 Å². The molecule has 0 bridgehead atoms. The molecule has 3 aromatic rings. The topological polar surface area (TPSA) is 89.0 Å². The number of amides is 1. The first-order valence-corrected chi connectivity index (χ1v) is 10.6. The number of ketones is 1. The SMILES string of the molecule is CCCOc1cccc(N2C(=O)C(=O)/C(=C(/O)c3ccncc3)C2c2ccccc2OC)c1. The van der Waals surface area contributed by atoms with Gasteiger partial charge in [0.1, 0.15) is 17.3 Å². The molecule has 2 heterocycles. The van der Waals surface area contributed by atoms with E-state index in [2.05, 4.69) is 4.98 Å². The summed E-state index contributed by atoms with van der Waals surface area (Å²) < 4.78 is 11.3. The highest BCUT2D eigenvalue weighted by Crippen LogP contribution is 2.45. The maximum atomic E-state index is 13.3. The smallest absolute Gasteiger partial charge is 0.300 e. The van der Waals surface area contributed by atoms with E-state index in [1.165, 1.54) is 24.4 Å². The number of para-hydroxylation sites is 1.